The van der Waals surface area contributed by atoms with E-state index in [0.29, 0.717) is 21.9 Å². The van der Waals surface area contributed by atoms with E-state index in [0.717, 1.165) is 40.4 Å². The van der Waals surface area contributed by atoms with Gasteiger partial charge in [0.15, 0.2) is 11.2 Å². The molecule has 1 aliphatic heterocycles. The molecule has 0 amide bonds. The van der Waals surface area contributed by atoms with Crippen molar-refractivity contribution in [3.05, 3.63) is 162 Å². The normalized spacial score (nSPS) is 12.4. The number of carbonyl (C=O) groups is 1. The number of rotatable bonds is 4. The number of aliphatic hydroxyl groups excluding tert-OH is 1. The topological polar surface area (TPSA) is 103 Å². The molecule has 273 valence electrons. The summed E-state index contributed by atoms with van der Waals surface area (Å²) in [6, 6.07) is 31.6. The summed E-state index contributed by atoms with van der Waals surface area (Å²) in [4.78, 5) is 32.7. The van der Waals surface area contributed by atoms with Gasteiger partial charge in [-0.15, -0.1) is 23.8 Å². The predicted octanol–water partition coefficient (Wildman–Crippen LogP) is 10.6. The van der Waals surface area contributed by atoms with Crippen molar-refractivity contribution in [2.24, 2.45) is 10.8 Å². The summed E-state index contributed by atoms with van der Waals surface area (Å²) in [5.41, 5.74) is 5.19. The third-order valence-corrected chi connectivity index (χ3v) is 8.20. The fourth-order valence-electron chi connectivity index (χ4n) is 5.01. The van der Waals surface area contributed by atoms with Crippen LogP contribution in [0.1, 0.15) is 47.1 Å². The molecule has 0 bridgehead atoms. The molecular formula is C45H43IrN2O5-. The number of benzene rings is 3. The van der Waals surface area contributed by atoms with Gasteiger partial charge >= 0.3 is 0 Å². The summed E-state index contributed by atoms with van der Waals surface area (Å²) in [5, 5.41) is 10.7. The van der Waals surface area contributed by atoms with Crippen molar-refractivity contribution < 1.29 is 39.2 Å². The van der Waals surface area contributed by atoms with Crippen molar-refractivity contribution in [3.8, 4) is 28.3 Å². The molecule has 0 saturated carbocycles. The van der Waals surface area contributed by atoms with Crippen LogP contribution in [-0.4, -0.2) is 20.9 Å². The van der Waals surface area contributed by atoms with Gasteiger partial charge in [-0.05, 0) is 83.7 Å². The first kappa shape index (κ1) is 40.3. The number of pyridine rings is 2. The number of nitrogens with zero attached hydrogens (tertiary/aromatic N) is 2. The molecule has 1 radical (unpaired) electrons. The number of allylic oxidation sites excluding steroid dienone is 4. The number of para-hydroxylation sites is 1. The molecule has 53 heavy (non-hydrogen) atoms. The monoisotopic (exact) mass is 884 g/mol. The smallest absolute Gasteiger partial charge is 0.182 e. The van der Waals surface area contributed by atoms with Gasteiger partial charge in [-0.3, -0.25) is 14.6 Å². The van der Waals surface area contributed by atoms with Gasteiger partial charge in [0.1, 0.15) is 22.9 Å². The van der Waals surface area contributed by atoms with E-state index in [9.17, 15) is 14.7 Å². The van der Waals surface area contributed by atoms with Gasteiger partial charge < -0.3 is 19.2 Å². The Morgan fingerprint density at radius 3 is 2.11 bits per heavy atom. The molecule has 1 N–H and O–H groups in total. The van der Waals surface area contributed by atoms with E-state index in [-0.39, 0.29) is 42.5 Å². The van der Waals surface area contributed by atoms with E-state index in [1.54, 1.807) is 42.7 Å². The first-order chi connectivity index (χ1) is 24.7. The van der Waals surface area contributed by atoms with Crippen LogP contribution in [0.15, 0.2) is 149 Å². The molecule has 7 rings (SSSR count). The minimum Gasteiger partial charge on any atom is -0.512 e. The van der Waals surface area contributed by atoms with Gasteiger partial charge in [0.25, 0.3) is 0 Å². The van der Waals surface area contributed by atoms with E-state index in [4.69, 9.17) is 9.15 Å². The fourth-order valence-corrected chi connectivity index (χ4v) is 5.01. The number of aliphatic hydroxyl groups is 1. The van der Waals surface area contributed by atoms with Crippen molar-refractivity contribution in [2.75, 3.05) is 0 Å². The van der Waals surface area contributed by atoms with Gasteiger partial charge in [0.2, 0.25) is 0 Å². The number of hydrogen-bond acceptors (Lipinski definition) is 7. The zero-order chi connectivity index (χ0) is 37.5. The molecule has 0 saturated heterocycles. The average Bonchev–Trinajstić information content (AvgIpc) is 3.15. The molecule has 0 atom stereocenters. The largest absolute Gasteiger partial charge is 0.512 e. The number of fused-ring (bicyclic) bond motifs is 3. The van der Waals surface area contributed by atoms with Gasteiger partial charge in [-0.1, -0.05) is 78.5 Å². The molecule has 3 aromatic carbocycles. The second-order valence-electron chi connectivity index (χ2n) is 14.3. The summed E-state index contributed by atoms with van der Waals surface area (Å²) >= 11 is 0. The quantitative estimate of drug-likeness (QED) is 0.0814. The Balaban J connectivity index is 0.000000182. The minimum absolute atomic E-state index is 0. The molecule has 3 aromatic heterocycles. The first-order valence-electron chi connectivity index (χ1n) is 17.0. The summed E-state index contributed by atoms with van der Waals surface area (Å²) in [7, 11) is 0. The number of ketones is 1. The summed E-state index contributed by atoms with van der Waals surface area (Å²) < 4.78 is 11.5. The van der Waals surface area contributed by atoms with Crippen LogP contribution >= 0.6 is 0 Å². The Bertz CT molecular complexity index is 2330. The van der Waals surface area contributed by atoms with E-state index in [2.05, 4.69) is 28.7 Å². The molecule has 0 spiro atoms. The summed E-state index contributed by atoms with van der Waals surface area (Å²) in [5.74, 6) is 1.84. The molecule has 0 unspecified atom stereocenters. The van der Waals surface area contributed by atoms with Gasteiger partial charge in [0.05, 0.1) is 16.7 Å². The van der Waals surface area contributed by atoms with E-state index < -0.39 is 5.41 Å². The van der Waals surface area contributed by atoms with Gasteiger partial charge in [0, 0.05) is 55.0 Å². The molecular weight excluding hydrogens is 841 g/mol. The molecule has 4 heterocycles. The Morgan fingerprint density at radius 2 is 1.49 bits per heavy atom. The van der Waals surface area contributed by atoms with Crippen LogP contribution in [0.25, 0.3) is 44.5 Å². The minimum atomic E-state index is -0.417. The van der Waals surface area contributed by atoms with Crippen LogP contribution in [-0.2, 0) is 31.3 Å². The van der Waals surface area contributed by atoms with Crippen molar-refractivity contribution in [3.63, 3.8) is 0 Å². The van der Waals surface area contributed by atoms with E-state index in [1.807, 2.05) is 108 Å². The van der Waals surface area contributed by atoms with Crippen LogP contribution in [0, 0.1) is 16.9 Å². The average molecular weight is 884 g/mol. The first-order valence-corrected chi connectivity index (χ1v) is 17.0. The molecule has 0 aliphatic carbocycles. The van der Waals surface area contributed by atoms with E-state index >= 15 is 0 Å². The molecule has 6 aromatic rings. The van der Waals surface area contributed by atoms with Crippen molar-refractivity contribution in [1.82, 2.24) is 9.97 Å². The standard InChI is InChI=1S/C18H10NO2.C16H13NO.C11H20O2.Ir/c20-18-13-5-1-2-7-16(13)21-17-9-8-12(11-14(17)18)15-6-3-4-10-19-15;1-2-14-8-6-13-11-12(7-9-16(13)18-14)15-5-3-4-10-17-15;1-10(2,3)8(12)7-9(13)11(4,5)6;/h1-7,9-11H;2-5,7-11H,1,6H2;7,12H,1-6H3;/q-1;;;. The van der Waals surface area contributed by atoms with Crippen molar-refractivity contribution in [1.29, 1.82) is 0 Å². The van der Waals surface area contributed by atoms with Crippen LogP contribution in [0.2, 0.25) is 0 Å². The van der Waals surface area contributed by atoms with Crippen LogP contribution in [0.3, 0.4) is 0 Å². The Kier molecular flexibility index (Phi) is 13.2. The fraction of sp³-hybridized carbons (Fsp3) is 0.200. The van der Waals surface area contributed by atoms with Crippen LogP contribution in [0.5, 0.6) is 5.75 Å². The second-order valence-corrected chi connectivity index (χ2v) is 14.3. The zero-order valence-corrected chi connectivity index (χ0v) is 33.2. The number of aromatic nitrogens is 2. The number of hydrogen-bond donors (Lipinski definition) is 1. The number of carbonyl (C=O) groups excluding carboxylic acids is 1. The molecule has 8 heteroatoms. The maximum Gasteiger partial charge on any atom is 0.182 e. The summed E-state index contributed by atoms with van der Waals surface area (Å²) in [6.07, 6.45) is 9.50. The van der Waals surface area contributed by atoms with E-state index in [1.165, 1.54) is 11.6 Å². The molecule has 7 nitrogen and oxygen atoms in total. The van der Waals surface area contributed by atoms with Crippen molar-refractivity contribution in [2.45, 2.75) is 48.0 Å². The third-order valence-electron chi connectivity index (χ3n) is 8.20. The maximum absolute atomic E-state index is 12.6. The molecule has 0 fully saturated rings. The van der Waals surface area contributed by atoms with Gasteiger partial charge in [-0.25, -0.2) is 0 Å². The van der Waals surface area contributed by atoms with Crippen LogP contribution in [0.4, 0.5) is 0 Å². The Morgan fingerprint density at radius 1 is 0.830 bits per heavy atom. The van der Waals surface area contributed by atoms with Gasteiger partial charge in [-0.2, -0.15) is 0 Å². The van der Waals surface area contributed by atoms with Crippen LogP contribution < -0.4 is 10.2 Å². The number of ether oxygens (including phenoxy) is 1. The SMILES string of the molecule is C=CC1=CCc2cc(-c3ccccn3)ccc2O1.CC(C)(C)C(=O)C=C(O)C(C)(C)C.O=c1c2ccccc2oc2c[c-]c(-c3ccccn3)cc12.[Ir]. The predicted molar refractivity (Wildman–Crippen MR) is 209 cm³/mol. The Labute approximate surface area is 324 Å². The third kappa shape index (κ3) is 10.3. The molecule has 1 aliphatic rings. The second kappa shape index (κ2) is 17.4. The maximum atomic E-state index is 12.6. The zero-order valence-electron chi connectivity index (χ0n) is 30.8. The summed E-state index contributed by atoms with van der Waals surface area (Å²) in [6.45, 7) is 14.8. The van der Waals surface area contributed by atoms with Crippen molar-refractivity contribution >= 4 is 27.7 Å². The Hall–Kier alpha value is -5.43.